The van der Waals surface area contributed by atoms with Crippen LogP contribution in [0.15, 0.2) is 12.2 Å². The van der Waals surface area contributed by atoms with Crippen LogP contribution in [0.1, 0.15) is 19.3 Å². The molecule has 0 aliphatic heterocycles. The van der Waals surface area contributed by atoms with Crippen molar-refractivity contribution in [2.24, 2.45) is 5.92 Å². The molecular weight excluding hydrogens is 100 g/mol. The molecule has 0 aromatic carbocycles. The van der Waals surface area contributed by atoms with E-state index in [9.17, 15) is 0 Å². The Balaban J connectivity index is 2.32. The third kappa shape index (κ3) is 1.10. The maximum atomic E-state index is 8.64. The molecule has 1 atom stereocenters. The predicted molar refractivity (Wildman–Crippen MR) is 33.6 cm³/mol. The lowest BCUT2D eigenvalue weighted by molar-refractivity contribution is 0.231. The van der Waals surface area contributed by atoms with Gasteiger partial charge in [0.25, 0.3) is 0 Å². The summed E-state index contributed by atoms with van der Waals surface area (Å²) in [5.41, 5.74) is 1.31. The van der Waals surface area contributed by atoms with Gasteiger partial charge in [-0.3, -0.25) is 0 Å². The summed E-state index contributed by atoms with van der Waals surface area (Å²) in [6.07, 6.45) is 3.33. The molecule has 46 valence electrons. The molecule has 1 fully saturated rings. The Bertz CT molecular complexity index is 96.6. The minimum atomic E-state index is 0.346. The van der Waals surface area contributed by atoms with Crippen molar-refractivity contribution < 1.29 is 5.11 Å². The van der Waals surface area contributed by atoms with Gasteiger partial charge >= 0.3 is 0 Å². The van der Waals surface area contributed by atoms with E-state index in [4.69, 9.17) is 5.11 Å². The summed E-state index contributed by atoms with van der Waals surface area (Å²) < 4.78 is 0. The summed E-state index contributed by atoms with van der Waals surface area (Å²) in [7, 11) is 0. The van der Waals surface area contributed by atoms with E-state index >= 15 is 0 Å². The highest BCUT2D eigenvalue weighted by molar-refractivity contribution is 5.01. The molecule has 0 aromatic rings. The number of aliphatic hydroxyl groups is 1. The van der Waals surface area contributed by atoms with Crippen LogP contribution in [0.5, 0.6) is 0 Å². The molecule has 0 aromatic heterocycles. The van der Waals surface area contributed by atoms with Crippen LogP contribution in [0.2, 0.25) is 0 Å². The molecule has 1 rings (SSSR count). The first kappa shape index (κ1) is 5.83. The monoisotopic (exact) mass is 112 g/mol. The van der Waals surface area contributed by atoms with Crippen molar-refractivity contribution >= 4 is 0 Å². The standard InChI is InChI=1S/C7H12O/c1-6-2-3-7(4-6)5-8/h7-8H,1-5H2/t7-/m1/s1. The Morgan fingerprint density at radius 3 is 2.75 bits per heavy atom. The van der Waals surface area contributed by atoms with E-state index in [1.54, 1.807) is 0 Å². The Hall–Kier alpha value is -0.300. The number of aliphatic hydroxyl groups excluding tert-OH is 1. The lowest BCUT2D eigenvalue weighted by atomic mass is 10.1. The largest absolute Gasteiger partial charge is 0.396 e. The van der Waals surface area contributed by atoms with E-state index in [0.29, 0.717) is 12.5 Å². The smallest absolute Gasteiger partial charge is 0.0462 e. The van der Waals surface area contributed by atoms with Crippen molar-refractivity contribution in [1.82, 2.24) is 0 Å². The number of hydrogen-bond acceptors (Lipinski definition) is 1. The number of hydrogen-bond donors (Lipinski definition) is 1. The molecule has 0 heterocycles. The van der Waals surface area contributed by atoms with Crippen LogP contribution in [0.25, 0.3) is 0 Å². The molecule has 0 bridgehead atoms. The fourth-order valence-corrected chi connectivity index (χ4v) is 1.18. The van der Waals surface area contributed by atoms with Crippen molar-refractivity contribution in [3.8, 4) is 0 Å². The van der Waals surface area contributed by atoms with Crippen molar-refractivity contribution in [2.75, 3.05) is 6.61 Å². The summed E-state index contributed by atoms with van der Waals surface area (Å²) in [5.74, 6) is 0.530. The van der Waals surface area contributed by atoms with Crippen molar-refractivity contribution in [1.29, 1.82) is 0 Å². The Labute approximate surface area is 50.0 Å². The van der Waals surface area contributed by atoms with E-state index < -0.39 is 0 Å². The van der Waals surface area contributed by atoms with E-state index in [-0.39, 0.29) is 0 Å². The molecule has 1 nitrogen and oxygen atoms in total. The van der Waals surface area contributed by atoms with Gasteiger partial charge in [0.1, 0.15) is 0 Å². The van der Waals surface area contributed by atoms with E-state index in [2.05, 4.69) is 6.58 Å². The van der Waals surface area contributed by atoms with Crippen LogP contribution in [0.3, 0.4) is 0 Å². The van der Waals surface area contributed by atoms with Gasteiger partial charge in [-0.2, -0.15) is 0 Å². The molecule has 1 heteroatoms. The van der Waals surface area contributed by atoms with E-state index in [1.165, 1.54) is 5.57 Å². The van der Waals surface area contributed by atoms with Gasteiger partial charge in [-0.05, 0) is 25.2 Å². The molecule has 8 heavy (non-hydrogen) atoms. The second-order valence-electron chi connectivity index (χ2n) is 2.54. The summed E-state index contributed by atoms with van der Waals surface area (Å²) >= 11 is 0. The highest BCUT2D eigenvalue weighted by atomic mass is 16.3. The summed E-state index contributed by atoms with van der Waals surface area (Å²) in [5, 5.41) is 8.64. The molecule has 1 aliphatic carbocycles. The first-order valence-electron chi connectivity index (χ1n) is 3.10. The average Bonchev–Trinajstić information content (AvgIpc) is 2.14. The quantitative estimate of drug-likeness (QED) is 0.507. The topological polar surface area (TPSA) is 20.2 Å². The third-order valence-electron chi connectivity index (χ3n) is 1.74. The molecule has 0 saturated heterocycles. The van der Waals surface area contributed by atoms with Crippen molar-refractivity contribution in [3.63, 3.8) is 0 Å². The van der Waals surface area contributed by atoms with Crippen molar-refractivity contribution in [3.05, 3.63) is 12.2 Å². The average molecular weight is 112 g/mol. The first-order chi connectivity index (χ1) is 3.83. The van der Waals surface area contributed by atoms with Gasteiger partial charge in [0.05, 0.1) is 0 Å². The molecule has 0 unspecified atom stereocenters. The van der Waals surface area contributed by atoms with Gasteiger partial charge in [-0.15, -0.1) is 0 Å². The Morgan fingerprint density at radius 2 is 2.50 bits per heavy atom. The van der Waals surface area contributed by atoms with Gasteiger partial charge in [-0.25, -0.2) is 0 Å². The van der Waals surface area contributed by atoms with Crippen molar-refractivity contribution in [2.45, 2.75) is 19.3 Å². The second-order valence-corrected chi connectivity index (χ2v) is 2.54. The highest BCUT2D eigenvalue weighted by Crippen LogP contribution is 2.27. The lowest BCUT2D eigenvalue weighted by Crippen LogP contribution is -1.97. The molecule has 1 aliphatic rings. The molecule has 1 N–H and O–H groups in total. The molecule has 1 saturated carbocycles. The first-order valence-corrected chi connectivity index (χ1v) is 3.10. The van der Waals surface area contributed by atoms with Crippen LogP contribution in [-0.4, -0.2) is 11.7 Å². The van der Waals surface area contributed by atoms with Crippen LogP contribution in [0, 0.1) is 5.92 Å². The minimum Gasteiger partial charge on any atom is -0.396 e. The normalized spacial score (nSPS) is 29.1. The maximum Gasteiger partial charge on any atom is 0.0462 e. The molecular formula is C7H12O. The fourth-order valence-electron chi connectivity index (χ4n) is 1.18. The van der Waals surface area contributed by atoms with Gasteiger partial charge < -0.3 is 5.11 Å². The van der Waals surface area contributed by atoms with E-state index in [1.807, 2.05) is 0 Å². The van der Waals surface area contributed by atoms with Gasteiger partial charge in [0, 0.05) is 6.61 Å². The van der Waals surface area contributed by atoms with Crippen LogP contribution >= 0.6 is 0 Å². The zero-order valence-electron chi connectivity index (χ0n) is 5.06. The number of allylic oxidation sites excluding steroid dienone is 1. The third-order valence-corrected chi connectivity index (χ3v) is 1.74. The van der Waals surface area contributed by atoms with E-state index in [0.717, 1.165) is 19.3 Å². The number of rotatable bonds is 1. The highest BCUT2D eigenvalue weighted by Gasteiger charge is 2.15. The zero-order chi connectivity index (χ0) is 5.98. The van der Waals surface area contributed by atoms with Gasteiger partial charge in [0.15, 0.2) is 0 Å². The molecule has 0 radical (unpaired) electrons. The summed E-state index contributed by atoms with van der Waals surface area (Å²) in [6.45, 7) is 4.19. The van der Waals surface area contributed by atoms with Crippen LogP contribution in [-0.2, 0) is 0 Å². The predicted octanol–water partition coefficient (Wildman–Crippen LogP) is 1.33. The lowest BCUT2D eigenvalue weighted by Gasteiger charge is -1.99. The van der Waals surface area contributed by atoms with Gasteiger partial charge in [-0.1, -0.05) is 12.2 Å². The summed E-state index contributed by atoms with van der Waals surface area (Å²) in [6, 6.07) is 0. The minimum absolute atomic E-state index is 0.346. The Morgan fingerprint density at radius 1 is 1.75 bits per heavy atom. The SMILES string of the molecule is C=C1CC[C@@H](CO)C1. The second kappa shape index (κ2) is 2.31. The molecule has 0 amide bonds. The van der Waals surface area contributed by atoms with Crippen LogP contribution < -0.4 is 0 Å². The van der Waals surface area contributed by atoms with Gasteiger partial charge in [0.2, 0.25) is 0 Å². The summed E-state index contributed by atoms with van der Waals surface area (Å²) in [4.78, 5) is 0. The zero-order valence-corrected chi connectivity index (χ0v) is 5.06. The maximum absolute atomic E-state index is 8.64. The Kier molecular flexibility index (Phi) is 1.69. The fraction of sp³-hybridized carbons (Fsp3) is 0.714. The molecule has 0 spiro atoms. The van der Waals surface area contributed by atoms with Crippen LogP contribution in [0.4, 0.5) is 0 Å².